The van der Waals surface area contributed by atoms with Gasteiger partial charge >= 0.3 is 0 Å². The van der Waals surface area contributed by atoms with Crippen molar-refractivity contribution in [2.45, 2.75) is 41.9 Å². The Morgan fingerprint density at radius 2 is 1.58 bits per heavy atom. The number of aliphatic hydroxyl groups is 2. The molecule has 0 radical (unpaired) electrons. The summed E-state index contributed by atoms with van der Waals surface area (Å²) in [5.74, 6) is 0.695. The molecule has 2 aromatic carbocycles. The number of ether oxygens (including phenoxy) is 3. The van der Waals surface area contributed by atoms with Gasteiger partial charge in [-0.15, -0.1) is 11.8 Å². The van der Waals surface area contributed by atoms with Crippen LogP contribution in [0.1, 0.15) is 17.4 Å². The number of hydrogen-bond donors (Lipinski definition) is 2. The second-order valence-corrected chi connectivity index (χ2v) is 7.58. The maximum Gasteiger partial charge on any atom is 0.184 e. The number of fused-ring (bicyclic) bond motifs is 1. The van der Waals surface area contributed by atoms with Gasteiger partial charge < -0.3 is 24.4 Å². The molecule has 2 heterocycles. The molecule has 26 heavy (non-hydrogen) atoms. The van der Waals surface area contributed by atoms with E-state index in [9.17, 15) is 10.2 Å². The summed E-state index contributed by atoms with van der Waals surface area (Å²) in [6, 6.07) is 19.5. The monoisotopic (exact) mass is 374 g/mol. The maximum atomic E-state index is 10.6. The minimum atomic E-state index is -1.02. The third-order valence-corrected chi connectivity index (χ3v) is 5.88. The topological polar surface area (TPSA) is 68.2 Å². The van der Waals surface area contributed by atoms with Crippen LogP contribution >= 0.6 is 11.8 Å². The molecule has 2 fully saturated rings. The predicted octanol–water partition coefficient (Wildman–Crippen LogP) is 2.48. The fourth-order valence-corrected chi connectivity index (χ4v) is 4.38. The van der Waals surface area contributed by atoms with Crippen LogP contribution in [0.2, 0.25) is 0 Å². The number of thioether (sulfide) groups is 1. The minimum absolute atomic E-state index is 0.316. The van der Waals surface area contributed by atoms with E-state index in [0.29, 0.717) is 12.4 Å². The van der Waals surface area contributed by atoms with Crippen molar-refractivity contribution in [1.82, 2.24) is 0 Å². The van der Waals surface area contributed by atoms with E-state index in [0.717, 1.165) is 11.1 Å². The zero-order valence-corrected chi connectivity index (χ0v) is 15.0. The lowest BCUT2D eigenvalue weighted by atomic mass is 9.99. The highest BCUT2D eigenvalue weighted by Gasteiger charge is 2.48. The van der Waals surface area contributed by atoms with Gasteiger partial charge in [-0.25, -0.2) is 0 Å². The Balaban J connectivity index is 1.40. The molecule has 5 nitrogen and oxygen atoms in total. The van der Waals surface area contributed by atoms with E-state index in [2.05, 4.69) is 0 Å². The molecule has 4 rings (SSSR count). The van der Waals surface area contributed by atoms with Crippen molar-refractivity contribution < 1.29 is 24.4 Å². The third kappa shape index (κ3) is 3.81. The van der Waals surface area contributed by atoms with Crippen LogP contribution in [0.4, 0.5) is 0 Å². The lowest BCUT2D eigenvalue weighted by molar-refractivity contribution is -0.318. The van der Waals surface area contributed by atoms with Gasteiger partial charge in [0.1, 0.15) is 29.9 Å². The van der Waals surface area contributed by atoms with Crippen LogP contribution in [-0.4, -0.2) is 46.7 Å². The van der Waals surface area contributed by atoms with Crippen molar-refractivity contribution in [2.24, 2.45) is 0 Å². The first-order valence-corrected chi connectivity index (χ1v) is 9.76. The van der Waals surface area contributed by atoms with Crippen molar-refractivity contribution in [1.29, 1.82) is 0 Å². The van der Waals surface area contributed by atoms with Crippen molar-refractivity contribution >= 4 is 11.8 Å². The minimum Gasteiger partial charge on any atom is -0.387 e. The van der Waals surface area contributed by atoms with Gasteiger partial charge in [-0.1, -0.05) is 60.7 Å². The lowest BCUT2D eigenvalue weighted by Gasteiger charge is -2.46. The Morgan fingerprint density at radius 3 is 2.31 bits per heavy atom. The Kier molecular flexibility index (Phi) is 5.59. The van der Waals surface area contributed by atoms with Crippen LogP contribution < -0.4 is 0 Å². The van der Waals surface area contributed by atoms with Gasteiger partial charge in [0.05, 0.1) is 6.61 Å². The molecule has 0 bridgehead atoms. The van der Waals surface area contributed by atoms with Crippen LogP contribution in [0.25, 0.3) is 0 Å². The summed E-state index contributed by atoms with van der Waals surface area (Å²) in [4.78, 5) is 0. The molecule has 0 saturated carbocycles. The van der Waals surface area contributed by atoms with Gasteiger partial charge in [-0.05, 0) is 5.56 Å². The largest absolute Gasteiger partial charge is 0.387 e. The van der Waals surface area contributed by atoms with E-state index < -0.39 is 36.1 Å². The van der Waals surface area contributed by atoms with Gasteiger partial charge in [0.2, 0.25) is 0 Å². The van der Waals surface area contributed by atoms with E-state index in [1.165, 1.54) is 11.8 Å². The molecule has 2 aliphatic heterocycles. The molecule has 0 amide bonds. The third-order valence-electron chi connectivity index (χ3n) is 4.66. The molecule has 1 unspecified atom stereocenters. The standard InChI is InChI=1S/C20H22O5S/c21-16-17(22)20(26-12-13-7-3-1-4-8-13)24-15-11-23-19(25-18(15)16)14-9-5-2-6-10-14/h1-10,15-22H,11-12H2/t15-,16-,17-,18+,19?,20+/m1/s1. The molecule has 2 saturated heterocycles. The fourth-order valence-electron chi connectivity index (χ4n) is 3.25. The lowest BCUT2D eigenvalue weighted by Crippen LogP contribution is -2.60. The van der Waals surface area contributed by atoms with E-state index >= 15 is 0 Å². The average Bonchev–Trinajstić information content (AvgIpc) is 2.71. The summed E-state index contributed by atoms with van der Waals surface area (Å²) in [7, 11) is 0. The molecule has 0 aromatic heterocycles. The number of benzene rings is 2. The zero-order chi connectivity index (χ0) is 17.9. The summed E-state index contributed by atoms with van der Waals surface area (Å²) in [5, 5.41) is 21.1. The second kappa shape index (κ2) is 8.08. The van der Waals surface area contributed by atoms with Crippen LogP contribution in [0.3, 0.4) is 0 Å². The fraction of sp³-hybridized carbons (Fsp3) is 0.400. The molecule has 0 aliphatic carbocycles. The van der Waals surface area contributed by atoms with E-state index in [4.69, 9.17) is 14.2 Å². The van der Waals surface area contributed by atoms with Crippen molar-refractivity contribution in [2.75, 3.05) is 6.61 Å². The molecule has 138 valence electrons. The first-order valence-electron chi connectivity index (χ1n) is 8.71. The first-order chi connectivity index (χ1) is 12.7. The van der Waals surface area contributed by atoms with Crippen molar-refractivity contribution in [3.63, 3.8) is 0 Å². The Morgan fingerprint density at radius 1 is 0.885 bits per heavy atom. The highest BCUT2D eigenvalue weighted by molar-refractivity contribution is 7.99. The molecule has 6 atom stereocenters. The zero-order valence-electron chi connectivity index (χ0n) is 14.2. The van der Waals surface area contributed by atoms with Crippen LogP contribution in [-0.2, 0) is 20.0 Å². The van der Waals surface area contributed by atoms with Crippen LogP contribution in [0, 0.1) is 0 Å². The highest BCUT2D eigenvalue weighted by Crippen LogP contribution is 2.37. The normalized spacial score (nSPS) is 34.2. The van der Waals surface area contributed by atoms with Gasteiger partial charge in [0.15, 0.2) is 6.29 Å². The average molecular weight is 374 g/mol. The maximum absolute atomic E-state index is 10.6. The highest BCUT2D eigenvalue weighted by atomic mass is 32.2. The van der Waals surface area contributed by atoms with E-state index in [1.807, 2.05) is 60.7 Å². The van der Waals surface area contributed by atoms with Gasteiger partial charge in [0, 0.05) is 11.3 Å². The number of hydrogen-bond acceptors (Lipinski definition) is 6. The molecule has 6 heteroatoms. The Bertz CT molecular complexity index is 696. The Hall–Kier alpha value is -1.41. The quantitative estimate of drug-likeness (QED) is 0.857. The summed E-state index contributed by atoms with van der Waals surface area (Å²) in [5.41, 5.74) is 1.50. The number of aliphatic hydroxyl groups excluding tert-OH is 2. The molecular weight excluding hydrogens is 352 g/mol. The number of rotatable bonds is 4. The van der Waals surface area contributed by atoms with Gasteiger partial charge in [0.25, 0.3) is 0 Å². The van der Waals surface area contributed by atoms with Crippen molar-refractivity contribution in [3.05, 3.63) is 71.8 Å². The summed E-state index contributed by atoms with van der Waals surface area (Å²) < 4.78 is 17.7. The molecule has 2 aromatic rings. The molecule has 2 N–H and O–H groups in total. The summed E-state index contributed by atoms with van der Waals surface area (Å²) in [6.45, 7) is 0.316. The van der Waals surface area contributed by atoms with Crippen molar-refractivity contribution in [3.8, 4) is 0 Å². The second-order valence-electron chi connectivity index (χ2n) is 6.50. The van der Waals surface area contributed by atoms with Crippen LogP contribution in [0.5, 0.6) is 0 Å². The summed E-state index contributed by atoms with van der Waals surface area (Å²) >= 11 is 1.47. The predicted molar refractivity (Wildman–Crippen MR) is 98.4 cm³/mol. The molecule has 2 aliphatic rings. The molecule has 0 spiro atoms. The Labute approximate surface area is 156 Å². The van der Waals surface area contributed by atoms with Gasteiger partial charge in [-0.2, -0.15) is 0 Å². The first kappa shape index (κ1) is 18.0. The molecular formula is C20H22O5S. The van der Waals surface area contributed by atoms with E-state index in [1.54, 1.807) is 0 Å². The SMILES string of the molecule is O[C@@H]1[C@@H](O)[C@H](SCc2ccccc2)O[C@@H]2COC(c3ccccc3)O[C@H]12. The van der Waals surface area contributed by atoms with E-state index in [-0.39, 0.29) is 0 Å². The van der Waals surface area contributed by atoms with Gasteiger partial charge in [-0.3, -0.25) is 0 Å². The van der Waals surface area contributed by atoms with Crippen LogP contribution in [0.15, 0.2) is 60.7 Å². The smallest absolute Gasteiger partial charge is 0.184 e. The summed E-state index contributed by atoms with van der Waals surface area (Å²) in [6.07, 6.45) is -3.60.